The van der Waals surface area contributed by atoms with Gasteiger partial charge < -0.3 is 5.11 Å². The van der Waals surface area contributed by atoms with Crippen molar-refractivity contribution in [3.05, 3.63) is 80.8 Å². The number of nitrogens with zero attached hydrogens (tertiary/aromatic N) is 2. The van der Waals surface area contributed by atoms with Crippen LogP contribution in [0, 0.1) is 0 Å². The molecule has 0 spiro atoms. The largest absolute Gasteiger partial charge is 0.492 e. The van der Waals surface area contributed by atoms with Gasteiger partial charge in [0.05, 0.1) is 10.9 Å². The SMILES string of the molecule is CCCCc1nc(O)c(S(=O)(=O)c2ccc(Br)cc2)c(=O)n1[C@@H](CC)c1ccccc1. The van der Waals surface area contributed by atoms with Crippen molar-refractivity contribution in [2.75, 3.05) is 0 Å². The molecular formula is C23H25BrN2O4S. The van der Waals surface area contributed by atoms with E-state index in [1.54, 1.807) is 12.1 Å². The van der Waals surface area contributed by atoms with Crippen LogP contribution in [-0.4, -0.2) is 23.1 Å². The Kier molecular flexibility index (Phi) is 7.33. The van der Waals surface area contributed by atoms with E-state index < -0.39 is 32.2 Å². The first-order valence-corrected chi connectivity index (χ1v) is 12.5. The molecule has 31 heavy (non-hydrogen) atoms. The molecule has 164 valence electrons. The zero-order valence-corrected chi connectivity index (χ0v) is 19.9. The van der Waals surface area contributed by atoms with Crippen LogP contribution in [0.4, 0.5) is 0 Å². The summed E-state index contributed by atoms with van der Waals surface area (Å²) in [7, 11) is -4.27. The summed E-state index contributed by atoms with van der Waals surface area (Å²) < 4.78 is 28.7. The number of aromatic nitrogens is 2. The molecule has 2 aromatic carbocycles. The van der Waals surface area contributed by atoms with Gasteiger partial charge in [0.15, 0.2) is 4.90 Å². The summed E-state index contributed by atoms with van der Waals surface area (Å²) >= 11 is 3.27. The van der Waals surface area contributed by atoms with E-state index >= 15 is 0 Å². The lowest BCUT2D eigenvalue weighted by atomic mass is 10.0. The number of aromatic hydroxyl groups is 1. The summed E-state index contributed by atoms with van der Waals surface area (Å²) in [5.74, 6) is -0.368. The van der Waals surface area contributed by atoms with Crippen molar-refractivity contribution in [3.8, 4) is 5.88 Å². The molecule has 0 fully saturated rings. The summed E-state index contributed by atoms with van der Waals surface area (Å²) in [6.45, 7) is 3.95. The lowest BCUT2D eigenvalue weighted by Gasteiger charge is -2.23. The zero-order chi connectivity index (χ0) is 22.6. The maximum atomic E-state index is 13.6. The van der Waals surface area contributed by atoms with E-state index in [0.717, 1.165) is 18.4 Å². The second-order valence-corrected chi connectivity index (χ2v) is 10.1. The fourth-order valence-electron chi connectivity index (χ4n) is 3.59. The van der Waals surface area contributed by atoms with Gasteiger partial charge in [-0.3, -0.25) is 9.36 Å². The van der Waals surface area contributed by atoms with Crippen molar-refractivity contribution < 1.29 is 13.5 Å². The maximum absolute atomic E-state index is 13.6. The van der Waals surface area contributed by atoms with Crippen LogP contribution in [0.1, 0.15) is 50.5 Å². The molecule has 0 aliphatic heterocycles. The van der Waals surface area contributed by atoms with E-state index in [-0.39, 0.29) is 4.90 Å². The summed E-state index contributed by atoms with van der Waals surface area (Å²) in [6.07, 6.45) is 2.65. The molecule has 8 heteroatoms. The highest BCUT2D eigenvalue weighted by Gasteiger charge is 2.31. The van der Waals surface area contributed by atoms with Crippen molar-refractivity contribution in [2.45, 2.75) is 55.4 Å². The second-order valence-electron chi connectivity index (χ2n) is 7.25. The third kappa shape index (κ3) is 4.75. The van der Waals surface area contributed by atoms with Crippen molar-refractivity contribution >= 4 is 25.8 Å². The number of halogens is 1. The first kappa shape index (κ1) is 23.2. The highest BCUT2D eigenvalue weighted by atomic mass is 79.9. The van der Waals surface area contributed by atoms with E-state index in [4.69, 9.17) is 0 Å². The minimum absolute atomic E-state index is 0.0782. The average Bonchev–Trinajstić information content (AvgIpc) is 2.75. The van der Waals surface area contributed by atoms with E-state index in [1.807, 2.05) is 44.2 Å². The van der Waals surface area contributed by atoms with Gasteiger partial charge in [-0.05, 0) is 42.7 Å². The van der Waals surface area contributed by atoms with Gasteiger partial charge in [-0.15, -0.1) is 0 Å². The van der Waals surface area contributed by atoms with Gasteiger partial charge in [-0.1, -0.05) is 66.5 Å². The quantitative estimate of drug-likeness (QED) is 0.471. The Hall–Kier alpha value is -2.45. The number of unbranched alkanes of at least 4 members (excludes halogenated alkanes) is 1. The zero-order valence-electron chi connectivity index (χ0n) is 17.5. The minimum Gasteiger partial charge on any atom is -0.492 e. The summed E-state index contributed by atoms with van der Waals surface area (Å²) in [5.41, 5.74) is 0.126. The molecule has 3 aromatic rings. The molecule has 1 N–H and O–H groups in total. The molecule has 0 bridgehead atoms. The number of sulfone groups is 1. The normalized spacial score (nSPS) is 12.6. The molecule has 1 atom stereocenters. The van der Waals surface area contributed by atoms with E-state index in [9.17, 15) is 18.3 Å². The molecule has 1 heterocycles. The van der Waals surface area contributed by atoms with Gasteiger partial charge in [0.25, 0.3) is 5.56 Å². The van der Waals surface area contributed by atoms with Gasteiger partial charge in [-0.2, -0.15) is 4.98 Å². The van der Waals surface area contributed by atoms with Crippen LogP contribution in [0.3, 0.4) is 0 Å². The van der Waals surface area contributed by atoms with Crippen molar-refractivity contribution in [1.29, 1.82) is 0 Å². The third-order valence-corrected chi connectivity index (χ3v) is 7.47. The van der Waals surface area contributed by atoms with E-state index in [0.29, 0.717) is 23.1 Å². The predicted molar refractivity (Wildman–Crippen MR) is 123 cm³/mol. The monoisotopic (exact) mass is 504 g/mol. The Morgan fingerprint density at radius 3 is 2.29 bits per heavy atom. The number of rotatable bonds is 8. The first-order chi connectivity index (χ1) is 14.8. The first-order valence-electron chi connectivity index (χ1n) is 10.2. The molecule has 1 aromatic heterocycles. The predicted octanol–water partition coefficient (Wildman–Crippen LogP) is 4.89. The van der Waals surface area contributed by atoms with Gasteiger partial charge in [-0.25, -0.2) is 8.42 Å². The minimum atomic E-state index is -4.27. The van der Waals surface area contributed by atoms with Crippen LogP contribution < -0.4 is 5.56 Å². The fraction of sp³-hybridized carbons (Fsp3) is 0.304. The van der Waals surface area contributed by atoms with Gasteiger partial charge in [0, 0.05) is 10.9 Å². The molecule has 0 amide bonds. The van der Waals surface area contributed by atoms with Gasteiger partial charge in [0.1, 0.15) is 5.82 Å². The Balaban J connectivity index is 2.29. The van der Waals surface area contributed by atoms with Crippen molar-refractivity contribution in [3.63, 3.8) is 0 Å². The number of benzene rings is 2. The smallest absolute Gasteiger partial charge is 0.277 e. The van der Waals surface area contributed by atoms with Gasteiger partial charge in [0.2, 0.25) is 15.7 Å². The molecule has 0 saturated heterocycles. The molecule has 6 nitrogen and oxygen atoms in total. The summed E-state index contributed by atoms with van der Waals surface area (Å²) in [6, 6.07) is 15.0. The molecule has 0 aliphatic rings. The lowest BCUT2D eigenvalue weighted by Crippen LogP contribution is -2.33. The van der Waals surface area contributed by atoms with Crippen LogP contribution >= 0.6 is 15.9 Å². The lowest BCUT2D eigenvalue weighted by molar-refractivity contribution is 0.406. The molecule has 0 unspecified atom stereocenters. The molecule has 0 aliphatic carbocycles. The number of hydrogen-bond donors (Lipinski definition) is 1. The maximum Gasteiger partial charge on any atom is 0.277 e. The molecule has 0 radical (unpaired) electrons. The number of aryl methyl sites for hydroxylation is 1. The van der Waals surface area contributed by atoms with Crippen molar-refractivity contribution in [2.24, 2.45) is 0 Å². The van der Waals surface area contributed by atoms with E-state index in [1.165, 1.54) is 16.7 Å². The molecular weight excluding hydrogens is 480 g/mol. The van der Waals surface area contributed by atoms with Gasteiger partial charge >= 0.3 is 0 Å². The van der Waals surface area contributed by atoms with E-state index in [2.05, 4.69) is 20.9 Å². The summed E-state index contributed by atoms with van der Waals surface area (Å²) in [5, 5.41) is 10.6. The van der Waals surface area contributed by atoms with Crippen LogP contribution in [0.25, 0.3) is 0 Å². The van der Waals surface area contributed by atoms with Crippen molar-refractivity contribution in [1.82, 2.24) is 9.55 Å². The molecule has 0 saturated carbocycles. The highest BCUT2D eigenvalue weighted by Crippen LogP contribution is 2.29. The highest BCUT2D eigenvalue weighted by molar-refractivity contribution is 9.10. The van der Waals surface area contributed by atoms with Crippen LogP contribution in [0.5, 0.6) is 5.88 Å². The topological polar surface area (TPSA) is 89.3 Å². The second kappa shape index (κ2) is 9.78. The Bertz CT molecular complexity index is 1210. The molecule has 3 rings (SSSR count). The number of hydrogen-bond acceptors (Lipinski definition) is 5. The van der Waals surface area contributed by atoms with Crippen LogP contribution in [0.15, 0.2) is 73.7 Å². The average molecular weight is 505 g/mol. The Labute approximate surface area is 190 Å². The summed E-state index contributed by atoms with van der Waals surface area (Å²) in [4.78, 5) is 17.0. The van der Waals surface area contributed by atoms with Crippen LogP contribution in [-0.2, 0) is 16.3 Å². The van der Waals surface area contributed by atoms with Crippen LogP contribution in [0.2, 0.25) is 0 Å². The Morgan fingerprint density at radius 1 is 1.06 bits per heavy atom. The third-order valence-electron chi connectivity index (χ3n) is 5.16. The Morgan fingerprint density at radius 2 is 1.71 bits per heavy atom. The standard InChI is InChI=1S/C23H25BrN2O4S/c1-3-5-11-20-25-22(27)21(31(29,30)18-14-12-17(24)13-15-18)23(28)26(20)19(4-2)16-9-7-6-8-10-16/h6-10,12-15,19,27H,3-5,11H2,1-2H3/t19-/m0/s1. The fourth-order valence-corrected chi connectivity index (χ4v) is 5.20.